The quantitative estimate of drug-likeness (QED) is 0.750. The van der Waals surface area contributed by atoms with Crippen LogP contribution >= 0.6 is 0 Å². The van der Waals surface area contributed by atoms with Gasteiger partial charge in [0.05, 0.1) is 5.52 Å². The highest BCUT2D eigenvalue weighted by Gasteiger charge is 2.22. The van der Waals surface area contributed by atoms with Crippen molar-refractivity contribution >= 4 is 16.8 Å². The molecule has 1 heterocycles. The second kappa shape index (κ2) is 6.67. The third kappa shape index (κ3) is 3.27. The van der Waals surface area contributed by atoms with Gasteiger partial charge in [-0.2, -0.15) is 5.10 Å². The first-order valence-corrected chi connectivity index (χ1v) is 8.71. The summed E-state index contributed by atoms with van der Waals surface area (Å²) < 4.78 is 13.5. The maximum atomic E-state index is 13.5. The lowest BCUT2D eigenvalue weighted by Gasteiger charge is -2.10. The maximum absolute atomic E-state index is 13.5. The van der Waals surface area contributed by atoms with Crippen molar-refractivity contribution in [3.63, 3.8) is 0 Å². The molecule has 0 spiro atoms. The molecule has 1 amide bonds. The summed E-state index contributed by atoms with van der Waals surface area (Å²) >= 11 is 0. The smallest absolute Gasteiger partial charge is 0.223 e. The summed E-state index contributed by atoms with van der Waals surface area (Å²) in [5.41, 5.74) is 3.36. The van der Waals surface area contributed by atoms with Crippen LogP contribution in [-0.2, 0) is 11.3 Å². The molecule has 25 heavy (non-hydrogen) atoms. The van der Waals surface area contributed by atoms with Crippen LogP contribution in [0.25, 0.3) is 22.2 Å². The van der Waals surface area contributed by atoms with Gasteiger partial charge in [0, 0.05) is 23.4 Å². The summed E-state index contributed by atoms with van der Waals surface area (Å²) in [4.78, 5) is 12.2. The third-order valence-corrected chi connectivity index (χ3v) is 4.92. The van der Waals surface area contributed by atoms with E-state index in [1.165, 1.54) is 12.1 Å². The first-order valence-electron chi connectivity index (χ1n) is 8.71. The average molecular weight is 337 g/mol. The first-order chi connectivity index (χ1) is 12.2. The lowest BCUT2D eigenvalue weighted by Crippen LogP contribution is -2.28. The van der Waals surface area contributed by atoms with Crippen molar-refractivity contribution in [2.75, 3.05) is 0 Å². The Balaban J connectivity index is 1.57. The summed E-state index contributed by atoms with van der Waals surface area (Å²) in [5, 5.41) is 11.3. The van der Waals surface area contributed by atoms with Gasteiger partial charge >= 0.3 is 0 Å². The average Bonchev–Trinajstić information content (AvgIpc) is 3.29. The van der Waals surface area contributed by atoms with E-state index < -0.39 is 0 Å². The largest absolute Gasteiger partial charge is 0.352 e. The first kappa shape index (κ1) is 15.8. The topological polar surface area (TPSA) is 57.8 Å². The highest BCUT2D eigenvalue weighted by atomic mass is 19.1. The van der Waals surface area contributed by atoms with E-state index >= 15 is 0 Å². The molecule has 3 aromatic rings. The van der Waals surface area contributed by atoms with Gasteiger partial charge in [-0.25, -0.2) is 4.39 Å². The van der Waals surface area contributed by atoms with Crippen molar-refractivity contribution in [3.05, 3.63) is 53.8 Å². The van der Waals surface area contributed by atoms with Crippen LogP contribution in [0.15, 0.2) is 42.5 Å². The van der Waals surface area contributed by atoms with Crippen LogP contribution in [0.5, 0.6) is 0 Å². The number of nitrogens with one attached hydrogen (secondary N) is 2. The van der Waals surface area contributed by atoms with Gasteiger partial charge in [-0.3, -0.25) is 9.89 Å². The molecule has 0 atom stereocenters. The summed E-state index contributed by atoms with van der Waals surface area (Å²) in [5.74, 6) is 0.0317. The normalized spacial score (nSPS) is 14.9. The molecule has 0 bridgehead atoms. The van der Waals surface area contributed by atoms with E-state index in [0.29, 0.717) is 6.54 Å². The number of hydrogen-bond acceptors (Lipinski definition) is 2. The number of nitrogens with zero attached hydrogens (tertiary/aromatic N) is 1. The van der Waals surface area contributed by atoms with Crippen molar-refractivity contribution in [1.29, 1.82) is 0 Å². The van der Waals surface area contributed by atoms with E-state index in [-0.39, 0.29) is 17.6 Å². The van der Waals surface area contributed by atoms with Crippen LogP contribution in [-0.4, -0.2) is 16.1 Å². The van der Waals surface area contributed by atoms with Gasteiger partial charge < -0.3 is 5.32 Å². The van der Waals surface area contributed by atoms with Crippen LogP contribution in [0.4, 0.5) is 4.39 Å². The Morgan fingerprint density at radius 2 is 2.04 bits per heavy atom. The number of benzene rings is 2. The molecule has 1 aromatic heterocycles. The number of carbonyl (C=O) groups is 1. The Bertz CT molecular complexity index is 912. The molecule has 1 aliphatic rings. The molecule has 4 rings (SSSR count). The number of aromatic nitrogens is 2. The molecule has 1 saturated carbocycles. The van der Waals surface area contributed by atoms with E-state index in [9.17, 15) is 9.18 Å². The van der Waals surface area contributed by atoms with Crippen molar-refractivity contribution in [3.8, 4) is 11.3 Å². The molecule has 128 valence electrons. The number of carbonyl (C=O) groups excluding carboxylic acids is 1. The van der Waals surface area contributed by atoms with Gasteiger partial charge in [0.25, 0.3) is 0 Å². The van der Waals surface area contributed by atoms with Crippen molar-refractivity contribution < 1.29 is 9.18 Å². The molecule has 0 unspecified atom stereocenters. The highest BCUT2D eigenvalue weighted by Crippen LogP contribution is 2.28. The van der Waals surface area contributed by atoms with Crippen LogP contribution in [0.2, 0.25) is 0 Å². The fraction of sp³-hybridized carbons (Fsp3) is 0.300. The minimum absolute atomic E-state index is 0.148. The third-order valence-electron chi connectivity index (χ3n) is 4.92. The molecule has 2 aromatic carbocycles. The van der Waals surface area contributed by atoms with Crippen molar-refractivity contribution in [2.24, 2.45) is 5.92 Å². The van der Waals surface area contributed by atoms with Gasteiger partial charge in [-0.1, -0.05) is 31.0 Å². The van der Waals surface area contributed by atoms with E-state index in [0.717, 1.165) is 53.4 Å². The Hall–Kier alpha value is -2.69. The maximum Gasteiger partial charge on any atom is 0.223 e. The van der Waals surface area contributed by atoms with Gasteiger partial charge in [-0.05, 0) is 42.7 Å². The molecule has 5 heteroatoms. The summed E-state index contributed by atoms with van der Waals surface area (Å²) in [7, 11) is 0. The molecule has 4 nitrogen and oxygen atoms in total. The minimum atomic E-state index is -0.284. The SMILES string of the molecule is O=C(NCc1ccc2[nH]nc(-c3cccc(F)c3)c2c1)C1CCCC1. The van der Waals surface area contributed by atoms with Gasteiger partial charge in [0.2, 0.25) is 5.91 Å². The number of H-pyrrole nitrogens is 1. The van der Waals surface area contributed by atoms with Crippen molar-refractivity contribution in [1.82, 2.24) is 15.5 Å². The molecule has 1 fully saturated rings. The minimum Gasteiger partial charge on any atom is -0.352 e. The number of halogens is 1. The second-order valence-corrected chi connectivity index (χ2v) is 6.66. The monoisotopic (exact) mass is 337 g/mol. The number of fused-ring (bicyclic) bond motifs is 1. The number of aromatic amines is 1. The number of hydrogen-bond donors (Lipinski definition) is 2. The van der Waals surface area contributed by atoms with Crippen molar-refractivity contribution in [2.45, 2.75) is 32.2 Å². The summed E-state index contributed by atoms with van der Waals surface area (Å²) in [6, 6.07) is 12.3. The predicted octanol–water partition coefficient (Wildman–Crippen LogP) is 4.18. The van der Waals surface area contributed by atoms with Crippen LogP contribution < -0.4 is 5.32 Å². The number of amides is 1. The molecule has 2 N–H and O–H groups in total. The fourth-order valence-corrected chi connectivity index (χ4v) is 3.55. The van der Waals surface area contributed by atoms with Gasteiger partial charge in [0.1, 0.15) is 11.5 Å². The standard InChI is InChI=1S/C20H20FN3O/c21-16-7-3-6-15(11-16)19-17-10-13(8-9-18(17)23-24-19)12-22-20(25)14-4-1-2-5-14/h3,6-11,14H,1-2,4-5,12H2,(H,22,25)(H,23,24). The lowest BCUT2D eigenvalue weighted by atomic mass is 10.0. The Kier molecular flexibility index (Phi) is 4.22. The van der Waals surface area contributed by atoms with Crippen LogP contribution in [0.3, 0.4) is 0 Å². The van der Waals surface area contributed by atoms with E-state index in [2.05, 4.69) is 15.5 Å². The summed E-state index contributed by atoms with van der Waals surface area (Å²) in [6.45, 7) is 0.499. The van der Waals surface area contributed by atoms with E-state index in [1.54, 1.807) is 6.07 Å². The molecule has 1 aliphatic carbocycles. The zero-order chi connectivity index (χ0) is 17.2. The molecule has 0 radical (unpaired) electrons. The Morgan fingerprint density at radius 3 is 2.84 bits per heavy atom. The predicted molar refractivity (Wildman–Crippen MR) is 95.3 cm³/mol. The molecular formula is C20H20FN3O. The van der Waals surface area contributed by atoms with E-state index in [1.807, 2.05) is 24.3 Å². The summed E-state index contributed by atoms with van der Waals surface area (Å²) in [6.07, 6.45) is 4.29. The molecular weight excluding hydrogens is 317 g/mol. The Morgan fingerprint density at radius 1 is 1.20 bits per heavy atom. The zero-order valence-electron chi connectivity index (χ0n) is 13.9. The number of rotatable bonds is 4. The lowest BCUT2D eigenvalue weighted by molar-refractivity contribution is -0.124. The van der Waals surface area contributed by atoms with Gasteiger partial charge in [0.15, 0.2) is 0 Å². The Labute approximate surface area is 145 Å². The van der Waals surface area contributed by atoms with E-state index in [4.69, 9.17) is 0 Å². The fourth-order valence-electron chi connectivity index (χ4n) is 3.55. The van der Waals surface area contributed by atoms with Crippen LogP contribution in [0, 0.1) is 11.7 Å². The van der Waals surface area contributed by atoms with Crippen LogP contribution in [0.1, 0.15) is 31.2 Å². The molecule has 0 saturated heterocycles. The highest BCUT2D eigenvalue weighted by molar-refractivity contribution is 5.93. The van der Waals surface area contributed by atoms with Gasteiger partial charge in [-0.15, -0.1) is 0 Å². The zero-order valence-corrected chi connectivity index (χ0v) is 13.9. The second-order valence-electron chi connectivity index (χ2n) is 6.66. The molecule has 0 aliphatic heterocycles.